The summed E-state index contributed by atoms with van der Waals surface area (Å²) in [6, 6.07) is 11.4. The van der Waals surface area contributed by atoms with Crippen LogP contribution in [0.3, 0.4) is 0 Å². The van der Waals surface area contributed by atoms with Crippen LogP contribution < -0.4 is 30.7 Å². The van der Waals surface area contributed by atoms with Crippen LogP contribution >= 0.6 is 0 Å². The third-order valence-electron chi connectivity index (χ3n) is 7.20. The molecule has 13 nitrogen and oxygen atoms in total. The number of methoxy groups -OCH3 is 1. The Kier molecular flexibility index (Phi) is 11.3. The molecule has 3 atom stereocenters. The predicted octanol–water partition coefficient (Wildman–Crippen LogP) is 1.52. The van der Waals surface area contributed by atoms with Crippen LogP contribution in [0.1, 0.15) is 54.7 Å². The van der Waals surface area contributed by atoms with Crippen molar-refractivity contribution in [1.82, 2.24) is 36.3 Å². The molecule has 2 aromatic carbocycles. The number of carbonyl (C=O) groups is 4. The van der Waals surface area contributed by atoms with Gasteiger partial charge in [-0.2, -0.15) is 0 Å². The van der Waals surface area contributed by atoms with E-state index in [2.05, 4.69) is 31.6 Å². The average molecular weight is 606 g/mol. The van der Waals surface area contributed by atoms with Crippen molar-refractivity contribution >= 4 is 23.6 Å². The van der Waals surface area contributed by atoms with Gasteiger partial charge in [0, 0.05) is 12.5 Å². The molecule has 0 aliphatic carbocycles. The van der Waals surface area contributed by atoms with Crippen LogP contribution in [-0.2, 0) is 33.9 Å². The van der Waals surface area contributed by atoms with E-state index in [-0.39, 0.29) is 37.3 Å². The first-order valence-electron chi connectivity index (χ1n) is 14.7. The zero-order valence-corrected chi connectivity index (χ0v) is 25.2. The first-order valence-corrected chi connectivity index (χ1v) is 14.7. The largest absolute Gasteiger partial charge is 0.497 e. The molecule has 1 aliphatic rings. The quantitative estimate of drug-likeness (QED) is 0.328. The van der Waals surface area contributed by atoms with Gasteiger partial charge in [0.15, 0.2) is 0 Å². The second kappa shape index (κ2) is 15.5. The van der Waals surface area contributed by atoms with Gasteiger partial charge in [-0.25, -0.2) is 4.68 Å². The van der Waals surface area contributed by atoms with E-state index in [1.54, 1.807) is 36.0 Å². The number of rotatable bonds is 6. The van der Waals surface area contributed by atoms with Crippen molar-refractivity contribution in [2.45, 2.75) is 70.7 Å². The zero-order valence-electron chi connectivity index (χ0n) is 25.2. The summed E-state index contributed by atoms with van der Waals surface area (Å²) in [5, 5.41) is 19.4. The molecule has 44 heavy (non-hydrogen) atoms. The van der Waals surface area contributed by atoms with Crippen LogP contribution in [0, 0.1) is 0 Å². The van der Waals surface area contributed by atoms with Gasteiger partial charge in [0.25, 0.3) is 5.91 Å². The molecule has 13 heteroatoms. The summed E-state index contributed by atoms with van der Waals surface area (Å²) in [5.74, 6) is -1.16. The first kappa shape index (κ1) is 32.0. The molecule has 3 aromatic rings. The van der Waals surface area contributed by atoms with E-state index in [1.807, 2.05) is 37.3 Å². The molecule has 0 fully saturated rings. The predicted molar refractivity (Wildman–Crippen MR) is 161 cm³/mol. The van der Waals surface area contributed by atoms with Crippen LogP contribution in [0.15, 0.2) is 54.7 Å². The molecule has 0 spiro atoms. The van der Waals surface area contributed by atoms with Crippen molar-refractivity contribution in [2.24, 2.45) is 0 Å². The maximum absolute atomic E-state index is 13.4. The summed E-state index contributed by atoms with van der Waals surface area (Å²) in [6.45, 7) is 4.21. The summed E-state index contributed by atoms with van der Waals surface area (Å²) in [5.41, 5.74) is 1.60. The van der Waals surface area contributed by atoms with Crippen LogP contribution in [0.25, 0.3) is 0 Å². The highest BCUT2D eigenvalue weighted by molar-refractivity contribution is 6.00. The molecule has 0 saturated heterocycles. The van der Waals surface area contributed by atoms with Crippen molar-refractivity contribution in [2.75, 3.05) is 13.7 Å². The lowest BCUT2D eigenvalue weighted by Gasteiger charge is -2.25. The fourth-order valence-corrected chi connectivity index (χ4v) is 4.77. The maximum atomic E-state index is 13.4. The molecule has 4 N–H and O–H groups in total. The summed E-state index contributed by atoms with van der Waals surface area (Å²) in [6.07, 6.45) is 3.14. The Labute approximate surface area is 256 Å². The van der Waals surface area contributed by atoms with E-state index in [4.69, 9.17) is 9.47 Å². The van der Waals surface area contributed by atoms with Gasteiger partial charge in [0.05, 0.1) is 32.0 Å². The average Bonchev–Trinajstić information content (AvgIpc) is 3.49. The summed E-state index contributed by atoms with van der Waals surface area (Å²) >= 11 is 0. The zero-order chi connectivity index (χ0) is 31.5. The molecular weight excluding hydrogens is 566 g/mol. The monoisotopic (exact) mass is 605 g/mol. The number of hydrogen-bond donors (Lipinski definition) is 4. The molecule has 0 unspecified atom stereocenters. The van der Waals surface area contributed by atoms with Gasteiger partial charge in [-0.15, -0.1) is 5.10 Å². The fraction of sp³-hybridized carbons (Fsp3) is 0.419. The first-order chi connectivity index (χ1) is 21.3. The number of aromatic nitrogens is 3. The molecule has 1 aliphatic heterocycles. The molecule has 4 amide bonds. The van der Waals surface area contributed by atoms with Crippen molar-refractivity contribution in [1.29, 1.82) is 0 Å². The smallest absolute Gasteiger partial charge is 0.255 e. The van der Waals surface area contributed by atoms with Gasteiger partial charge in [0.1, 0.15) is 41.9 Å². The molecule has 234 valence electrons. The Balaban J connectivity index is 1.63. The van der Waals surface area contributed by atoms with Crippen molar-refractivity contribution in [3.05, 3.63) is 71.5 Å². The molecular formula is C31H39N7O6. The summed E-state index contributed by atoms with van der Waals surface area (Å²) in [7, 11) is 1.51. The van der Waals surface area contributed by atoms with E-state index >= 15 is 0 Å². The normalized spacial score (nSPS) is 20.2. The highest BCUT2D eigenvalue weighted by atomic mass is 16.5. The Bertz CT molecular complexity index is 1440. The van der Waals surface area contributed by atoms with Crippen LogP contribution in [0.4, 0.5) is 0 Å². The van der Waals surface area contributed by atoms with Crippen molar-refractivity contribution in [3.8, 4) is 11.5 Å². The molecule has 0 saturated carbocycles. The van der Waals surface area contributed by atoms with E-state index in [1.165, 1.54) is 7.11 Å². The van der Waals surface area contributed by atoms with E-state index in [0.717, 1.165) is 5.56 Å². The number of fused-ring (bicyclic) bond motifs is 3. The third kappa shape index (κ3) is 8.55. The molecule has 1 aromatic heterocycles. The third-order valence-corrected chi connectivity index (χ3v) is 7.20. The van der Waals surface area contributed by atoms with E-state index < -0.39 is 41.8 Å². The lowest BCUT2D eigenvalue weighted by molar-refractivity contribution is -0.132. The molecule has 0 radical (unpaired) electrons. The number of nitrogens with zero attached hydrogens (tertiary/aromatic N) is 3. The SMILES string of the molecule is CCC[C@@H]1NC(=O)c2ccc(OC)cc2OCCn2cc(nn2)CNC(=O)[C@H](Cc2ccccc2)NC(=O)[C@H](CC)NC1=O. The van der Waals surface area contributed by atoms with Crippen LogP contribution in [0.5, 0.6) is 11.5 Å². The van der Waals surface area contributed by atoms with E-state index in [0.29, 0.717) is 30.8 Å². The minimum atomic E-state index is -0.935. The highest BCUT2D eigenvalue weighted by Crippen LogP contribution is 2.25. The van der Waals surface area contributed by atoms with Crippen LogP contribution in [-0.4, -0.2) is 70.5 Å². The Hall–Kier alpha value is -4.94. The lowest BCUT2D eigenvalue weighted by Crippen LogP contribution is -2.57. The second-order valence-corrected chi connectivity index (χ2v) is 10.4. The fourth-order valence-electron chi connectivity index (χ4n) is 4.77. The summed E-state index contributed by atoms with van der Waals surface area (Å²) < 4.78 is 12.8. The Morgan fingerprint density at radius 2 is 1.68 bits per heavy atom. The number of carbonyl (C=O) groups excluding carboxylic acids is 4. The van der Waals surface area contributed by atoms with Crippen molar-refractivity contribution in [3.63, 3.8) is 0 Å². The highest BCUT2D eigenvalue weighted by Gasteiger charge is 2.29. The standard InChI is InChI=1S/C31H39N7O6/c1-4-9-25-31(42)33-24(5-2)30(41)35-26(16-20-10-7-6-8-11-20)29(40)32-18-21-19-38(37-36-21)14-15-44-27-17-22(43-3)12-13-23(27)28(39)34-25/h6-8,10-13,17,19,24-26H,4-5,9,14-16,18H2,1-3H3,(H,32,40)(H,33,42)(H,34,39)(H,35,41)/t24-,25-,26-/m0/s1. The maximum Gasteiger partial charge on any atom is 0.255 e. The Morgan fingerprint density at radius 1 is 0.932 bits per heavy atom. The minimum Gasteiger partial charge on any atom is -0.497 e. The van der Waals surface area contributed by atoms with Gasteiger partial charge >= 0.3 is 0 Å². The number of benzene rings is 2. The van der Waals surface area contributed by atoms with Gasteiger partial charge in [0.2, 0.25) is 17.7 Å². The second-order valence-electron chi connectivity index (χ2n) is 10.4. The van der Waals surface area contributed by atoms with Crippen molar-refractivity contribution < 1.29 is 28.7 Å². The number of nitrogens with one attached hydrogen (secondary N) is 4. The van der Waals surface area contributed by atoms with E-state index in [9.17, 15) is 19.2 Å². The van der Waals surface area contributed by atoms with Gasteiger partial charge in [-0.05, 0) is 30.5 Å². The molecule has 4 rings (SSSR count). The number of amides is 4. The summed E-state index contributed by atoms with van der Waals surface area (Å²) in [4.78, 5) is 53.6. The Morgan fingerprint density at radius 3 is 2.41 bits per heavy atom. The number of hydrogen-bond acceptors (Lipinski definition) is 8. The van der Waals surface area contributed by atoms with Gasteiger partial charge in [-0.1, -0.05) is 55.8 Å². The lowest BCUT2D eigenvalue weighted by atomic mass is 10.0. The van der Waals surface area contributed by atoms with Gasteiger partial charge in [-0.3, -0.25) is 19.2 Å². The topological polar surface area (TPSA) is 166 Å². The molecule has 2 heterocycles. The number of ether oxygens (including phenoxy) is 2. The minimum absolute atomic E-state index is 0.0910. The van der Waals surface area contributed by atoms with Gasteiger partial charge < -0.3 is 30.7 Å². The van der Waals surface area contributed by atoms with Crippen LogP contribution in [0.2, 0.25) is 0 Å². The molecule has 2 bridgehead atoms.